The molecular formula is C37H40ClN3. The Morgan fingerprint density at radius 1 is 0.756 bits per heavy atom. The predicted molar refractivity (Wildman–Crippen MR) is 174 cm³/mol. The normalized spacial score (nSPS) is 15.1. The Balaban J connectivity index is 0.00000337. The number of pyridine rings is 1. The smallest absolute Gasteiger partial charge is 0.0713 e. The highest BCUT2D eigenvalue weighted by Crippen LogP contribution is 2.33. The van der Waals surface area contributed by atoms with Crippen molar-refractivity contribution in [1.29, 1.82) is 0 Å². The molecule has 210 valence electrons. The van der Waals surface area contributed by atoms with E-state index in [4.69, 9.17) is 4.98 Å². The Labute approximate surface area is 251 Å². The van der Waals surface area contributed by atoms with Gasteiger partial charge >= 0.3 is 0 Å². The van der Waals surface area contributed by atoms with E-state index in [2.05, 4.69) is 138 Å². The molecule has 0 aliphatic carbocycles. The summed E-state index contributed by atoms with van der Waals surface area (Å²) in [6.07, 6.45) is 3.48. The van der Waals surface area contributed by atoms with Gasteiger partial charge in [-0.05, 0) is 55.0 Å². The molecule has 0 radical (unpaired) electrons. The number of hydrogen-bond donors (Lipinski definition) is 0. The molecule has 1 fully saturated rings. The standard InChI is InChI=1S/C37H39N3.ClH/c1-29(35-27-37(32-17-9-4-10-18-32)38-36-20-12-11-19-34(35)36)39-25-22-33(23-26-39)40(28-31-15-7-3-8-16-31)24-21-30-13-5-2-6-14-30;/h2-20,27,29,33H,21-26,28H2,1H3;1H. The van der Waals surface area contributed by atoms with E-state index in [0.717, 1.165) is 43.8 Å². The van der Waals surface area contributed by atoms with E-state index in [-0.39, 0.29) is 12.4 Å². The summed E-state index contributed by atoms with van der Waals surface area (Å²) >= 11 is 0. The van der Waals surface area contributed by atoms with Crippen molar-refractivity contribution in [3.8, 4) is 11.3 Å². The van der Waals surface area contributed by atoms with Gasteiger partial charge in [0.2, 0.25) is 0 Å². The van der Waals surface area contributed by atoms with Gasteiger partial charge in [0, 0.05) is 49.2 Å². The molecule has 0 spiro atoms. The summed E-state index contributed by atoms with van der Waals surface area (Å²) in [7, 11) is 0. The maximum atomic E-state index is 5.03. The van der Waals surface area contributed by atoms with Crippen molar-refractivity contribution in [2.75, 3.05) is 19.6 Å². The van der Waals surface area contributed by atoms with Crippen molar-refractivity contribution in [1.82, 2.24) is 14.8 Å². The highest BCUT2D eigenvalue weighted by atomic mass is 35.5. The first-order valence-electron chi connectivity index (χ1n) is 14.8. The molecule has 1 aliphatic rings. The number of likely N-dealkylation sites (tertiary alicyclic amines) is 1. The van der Waals surface area contributed by atoms with E-state index in [1.165, 1.54) is 40.5 Å². The number of fused-ring (bicyclic) bond motifs is 1. The van der Waals surface area contributed by atoms with Gasteiger partial charge in [-0.2, -0.15) is 0 Å². The Bertz CT molecular complexity index is 1500. The van der Waals surface area contributed by atoms with Gasteiger partial charge in [0.25, 0.3) is 0 Å². The van der Waals surface area contributed by atoms with Crippen molar-refractivity contribution in [3.05, 3.63) is 138 Å². The van der Waals surface area contributed by atoms with E-state index in [1.54, 1.807) is 0 Å². The first-order chi connectivity index (χ1) is 19.7. The Kier molecular flexibility index (Phi) is 9.84. The summed E-state index contributed by atoms with van der Waals surface area (Å²) in [6, 6.07) is 44.4. The van der Waals surface area contributed by atoms with Crippen molar-refractivity contribution >= 4 is 23.3 Å². The van der Waals surface area contributed by atoms with Crippen LogP contribution < -0.4 is 0 Å². The average Bonchev–Trinajstić information content (AvgIpc) is 3.03. The lowest BCUT2D eigenvalue weighted by atomic mass is 9.95. The molecule has 1 atom stereocenters. The number of rotatable bonds is 9. The molecule has 0 N–H and O–H groups in total. The van der Waals surface area contributed by atoms with Gasteiger partial charge in [-0.25, -0.2) is 4.98 Å². The maximum Gasteiger partial charge on any atom is 0.0713 e. The average molecular weight is 562 g/mol. The molecule has 5 aromatic rings. The van der Waals surface area contributed by atoms with E-state index in [0.29, 0.717) is 12.1 Å². The number of nitrogens with zero attached hydrogens (tertiary/aromatic N) is 3. The molecule has 4 heteroatoms. The van der Waals surface area contributed by atoms with Crippen molar-refractivity contribution < 1.29 is 0 Å². The summed E-state index contributed by atoms with van der Waals surface area (Å²) in [6.45, 7) is 6.71. The highest BCUT2D eigenvalue weighted by molar-refractivity contribution is 5.86. The minimum absolute atomic E-state index is 0. The van der Waals surface area contributed by atoms with E-state index >= 15 is 0 Å². The molecule has 1 aromatic heterocycles. The van der Waals surface area contributed by atoms with Crippen LogP contribution in [0, 0.1) is 0 Å². The summed E-state index contributed by atoms with van der Waals surface area (Å²) in [5.41, 5.74) is 7.53. The van der Waals surface area contributed by atoms with Gasteiger partial charge in [0.1, 0.15) is 0 Å². The van der Waals surface area contributed by atoms with Crippen molar-refractivity contribution in [2.24, 2.45) is 0 Å². The van der Waals surface area contributed by atoms with Gasteiger partial charge in [0.05, 0.1) is 11.2 Å². The Morgan fingerprint density at radius 3 is 2.02 bits per heavy atom. The number of para-hydroxylation sites is 1. The largest absolute Gasteiger partial charge is 0.296 e. The molecule has 0 amide bonds. The van der Waals surface area contributed by atoms with E-state index in [9.17, 15) is 0 Å². The first kappa shape index (κ1) is 29.0. The summed E-state index contributed by atoms with van der Waals surface area (Å²) in [5, 5.41) is 1.27. The molecule has 1 aliphatic heterocycles. The van der Waals surface area contributed by atoms with Gasteiger partial charge in [-0.1, -0.05) is 109 Å². The molecule has 2 heterocycles. The number of benzene rings is 4. The third-order valence-electron chi connectivity index (χ3n) is 8.59. The van der Waals surface area contributed by atoms with Gasteiger partial charge in [-0.3, -0.25) is 9.80 Å². The monoisotopic (exact) mass is 561 g/mol. The number of halogens is 1. The third-order valence-corrected chi connectivity index (χ3v) is 8.59. The minimum atomic E-state index is 0. The van der Waals surface area contributed by atoms with Crippen LogP contribution >= 0.6 is 12.4 Å². The Hall–Kier alpha value is -3.50. The lowest BCUT2D eigenvalue weighted by molar-refractivity contribution is 0.0840. The van der Waals surface area contributed by atoms with Crippen LogP contribution in [0.5, 0.6) is 0 Å². The van der Waals surface area contributed by atoms with Crippen LogP contribution in [0.4, 0.5) is 0 Å². The molecule has 3 nitrogen and oxygen atoms in total. The zero-order valence-corrected chi connectivity index (χ0v) is 24.7. The number of piperidine rings is 1. The molecule has 41 heavy (non-hydrogen) atoms. The SMILES string of the molecule is CC(c1cc(-c2ccccc2)nc2ccccc12)N1CCC(N(CCc2ccccc2)Cc2ccccc2)CC1.Cl. The van der Waals surface area contributed by atoms with Gasteiger partial charge < -0.3 is 0 Å². The quantitative estimate of drug-likeness (QED) is 0.180. The summed E-state index contributed by atoms with van der Waals surface area (Å²) < 4.78 is 0. The number of aromatic nitrogens is 1. The van der Waals surface area contributed by atoms with Crippen LogP contribution in [-0.4, -0.2) is 40.5 Å². The second kappa shape index (κ2) is 13.9. The van der Waals surface area contributed by atoms with Crippen LogP contribution in [0.15, 0.2) is 121 Å². The lowest BCUT2D eigenvalue weighted by Gasteiger charge is -2.41. The fraction of sp³-hybridized carbons (Fsp3) is 0.270. The van der Waals surface area contributed by atoms with Crippen LogP contribution in [-0.2, 0) is 13.0 Å². The van der Waals surface area contributed by atoms with Gasteiger partial charge in [0.15, 0.2) is 0 Å². The third kappa shape index (κ3) is 7.05. The van der Waals surface area contributed by atoms with Gasteiger partial charge in [-0.15, -0.1) is 12.4 Å². The van der Waals surface area contributed by atoms with E-state index in [1.807, 2.05) is 0 Å². The van der Waals surface area contributed by atoms with Crippen molar-refractivity contribution in [2.45, 2.75) is 44.8 Å². The molecule has 4 aromatic carbocycles. The molecular weight excluding hydrogens is 522 g/mol. The predicted octanol–water partition coefficient (Wildman–Crippen LogP) is 8.59. The summed E-state index contributed by atoms with van der Waals surface area (Å²) in [4.78, 5) is 10.5. The lowest BCUT2D eigenvalue weighted by Crippen LogP contribution is -2.46. The zero-order chi connectivity index (χ0) is 27.1. The summed E-state index contributed by atoms with van der Waals surface area (Å²) in [5.74, 6) is 0. The van der Waals surface area contributed by atoms with Crippen LogP contribution in [0.2, 0.25) is 0 Å². The first-order valence-corrected chi connectivity index (χ1v) is 14.8. The van der Waals surface area contributed by atoms with Crippen LogP contribution in [0.3, 0.4) is 0 Å². The van der Waals surface area contributed by atoms with Crippen molar-refractivity contribution in [3.63, 3.8) is 0 Å². The fourth-order valence-electron chi connectivity index (χ4n) is 6.27. The minimum Gasteiger partial charge on any atom is -0.296 e. The second-order valence-electron chi connectivity index (χ2n) is 11.1. The number of hydrogen-bond acceptors (Lipinski definition) is 3. The highest BCUT2D eigenvalue weighted by Gasteiger charge is 2.28. The topological polar surface area (TPSA) is 19.4 Å². The maximum absolute atomic E-state index is 5.03. The molecule has 1 unspecified atom stereocenters. The molecule has 0 saturated carbocycles. The van der Waals surface area contributed by atoms with E-state index < -0.39 is 0 Å². The molecule has 6 rings (SSSR count). The Morgan fingerprint density at radius 2 is 1.34 bits per heavy atom. The van der Waals surface area contributed by atoms with Crippen LogP contribution in [0.1, 0.15) is 42.5 Å². The molecule has 1 saturated heterocycles. The fourth-order valence-corrected chi connectivity index (χ4v) is 6.27. The molecule has 0 bridgehead atoms. The second-order valence-corrected chi connectivity index (χ2v) is 11.1. The zero-order valence-electron chi connectivity index (χ0n) is 23.9. The van der Waals surface area contributed by atoms with Crippen LogP contribution in [0.25, 0.3) is 22.2 Å².